The van der Waals surface area contributed by atoms with E-state index in [2.05, 4.69) is 39.9 Å². The lowest BCUT2D eigenvalue weighted by molar-refractivity contribution is 0.458. The summed E-state index contributed by atoms with van der Waals surface area (Å²) in [6, 6.07) is 0. The number of rotatable bonds is 7. The highest BCUT2D eigenvalue weighted by Gasteiger charge is 2.33. The number of aryl methyl sites for hydroxylation is 8. The molecule has 0 aliphatic heterocycles. The summed E-state index contributed by atoms with van der Waals surface area (Å²) in [5, 5.41) is 0. The van der Waals surface area contributed by atoms with Crippen LogP contribution in [0.1, 0.15) is 81.7 Å². The molecule has 186 valence electrons. The average molecular weight is 487 g/mol. The van der Waals surface area contributed by atoms with E-state index >= 15 is 0 Å². The third-order valence-corrected chi connectivity index (χ3v) is 5.52. The van der Waals surface area contributed by atoms with Crippen LogP contribution in [-0.2, 0) is 12.8 Å². The number of hydrogen-bond acceptors (Lipinski definition) is 12. The first-order valence-corrected chi connectivity index (χ1v) is 11.8. The zero-order chi connectivity index (χ0) is 26.0. The Balaban J connectivity index is 1.90. The molecule has 0 aromatic carbocycles. The highest BCUT2D eigenvalue weighted by atomic mass is 15.1. The van der Waals surface area contributed by atoms with Gasteiger partial charge in [0, 0.05) is 24.7 Å². The van der Waals surface area contributed by atoms with Crippen molar-refractivity contribution < 1.29 is 0 Å². The zero-order valence-electron chi connectivity index (χ0n) is 21.9. The number of aromatic nitrogens is 12. The van der Waals surface area contributed by atoms with Crippen LogP contribution in [-0.4, -0.2) is 59.8 Å². The molecule has 4 aromatic rings. The van der Waals surface area contributed by atoms with Crippen molar-refractivity contribution in [3.8, 4) is 0 Å². The molecule has 12 nitrogen and oxygen atoms in total. The summed E-state index contributed by atoms with van der Waals surface area (Å²) in [7, 11) is 0. The van der Waals surface area contributed by atoms with E-state index in [0.29, 0.717) is 82.7 Å². The van der Waals surface area contributed by atoms with Crippen molar-refractivity contribution in [3.05, 3.63) is 69.9 Å². The van der Waals surface area contributed by atoms with Crippen LogP contribution in [0.5, 0.6) is 0 Å². The van der Waals surface area contributed by atoms with Crippen molar-refractivity contribution in [2.75, 3.05) is 0 Å². The van der Waals surface area contributed by atoms with Gasteiger partial charge in [-0.3, -0.25) is 0 Å². The van der Waals surface area contributed by atoms with Crippen LogP contribution < -0.4 is 0 Å². The largest absolute Gasteiger partial charge is 0.219 e. The van der Waals surface area contributed by atoms with Crippen molar-refractivity contribution in [2.45, 2.75) is 80.1 Å². The average Bonchev–Trinajstić information content (AvgIpc) is 2.73. The Morgan fingerprint density at radius 1 is 0.333 bits per heavy atom. The van der Waals surface area contributed by atoms with E-state index in [1.54, 1.807) is 0 Å². The first kappa shape index (κ1) is 25.1. The van der Waals surface area contributed by atoms with E-state index in [1.165, 1.54) is 0 Å². The molecule has 36 heavy (non-hydrogen) atoms. The van der Waals surface area contributed by atoms with Gasteiger partial charge in [-0.1, -0.05) is 0 Å². The Morgan fingerprint density at radius 3 is 0.806 bits per heavy atom. The fourth-order valence-corrected chi connectivity index (χ4v) is 4.38. The minimum atomic E-state index is -0.287. The maximum absolute atomic E-state index is 4.73. The molecule has 0 aliphatic rings. The molecule has 0 saturated carbocycles. The molecular formula is C24H30N12. The quantitative estimate of drug-likeness (QED) is 0.376. The van der Waals surface area contributed by atoms with Gasteiger partial charge in [0.1, 0.15) is 69.9 Å². The molecule has 4 rings (SSSR count). The summed E-state index contributed by atoms with van der Waals surface area (Å²) in [6.45, 7) is 14.9. The third kappa shape index (κ3) is 6.18. The predicted octanol–water partition coefficient (Wildman–Crippen LogP) is 2.25. The minimum absolute atomic E-state index is 0.287. The highest BCUT2D eigenvalue weighted by molar-refractivity contribution is 5.17. The van der Waals surface area contributed by atoms with Crippen LogP contribution in [0.3, 0.4) is 0 Å². The second-order valence-corrected chi connectivity index (χ2v) is 8.89. The smallest absolute Gasteiger partial charge is 0.136 e. The van der Waals surface area contributed by atoms with Crippen LogP contribution in [0.2, 0.25) is 0 Å². The molecule has 4 heterocycles. The van der Waals surface area contributed by atoms with E-state index in [1.807, 2.05) is 55.4 Å². The van der Waals surface area contributed by atoms with Crippen molar-refractivity contribution in [1.82, 2.24) is 59.8 Å². The summed E-state index contributed by atoms with van der Waals surface area (Å²) in [6.07, 6.45) is 0.898. The fraction of sp³-hybridized carbons (Fsp3) is 0.500. The standard InChI is InChI=1S/C24H30N12/c1-11-25-12(2)30-21(29-11)9-19(23-33-15(5)27-16(6)34-23)20(24-35-17(7)28-18(8)36-24)10-22-31-13(3)26-14(4)32-22/h19-20H,9-10H2,1-8H3/t19-,20+. The van der Waals surface area contributed by atoms with E-state index in [0.717, 1.165) is 0 Å². The van der Waals surface area contributed by atoms with Gasteiger partial charge in [0.05, 0.1) is 0 Å². The number of nitrogens with zero attached hydrogens (tertiary/aromatic N) is 12. The van der Waals surface area contributed by atoms with Gasteiger partial charge in [-0.15, -0.1) is 0 Å². The van der Waals surface area contributed by atoms with Crippen LogP contribution in [0.4, 0.5) is 0 Å². The monoisotopic (exact) mass is 486 g/mol. The Hall–Kier alpha value is -3.96. The van der Waals surface area contributed by atoms with Crippen LogP contribution in [0.15, 0.2) is 0 Å². The molecular weight excluding hydrogens is 456 g/mol. The maximum Gasteiger partial charge on any atom is 0.136 e. The van der Waals surface area contributed by atoms with Crippen LogP contribution in [0, 0.1) is 55.4 Å². The van der Waals surface area contributed by atoms with E-state index < -0.39 is 0 Å². The molecule has 0 radical (unpaired) electrons. The third-order valence-electron chi connectivity index (χ3n) is 5.52. The molecule has 0 aliphatic carbocycles. The van der Waals surface area contributed by atoms with Gasteiger partial charge >= 0.3 is 0 Å². The highest BCUT2D eigenvalue weighted by Crippen LogP contribution is 2.35. The van der Waals surface area contributed by atoms with E-state index in [9.17, 15) is 0 Å². The van der Waals surface area contributed by atoms with Crippen molar-refractivity contribution in [1.29, 1.82) is 0 Å². The van der Waals surface area contributed by atoms with E-state index in [-0.39, 0.29) is 11.8 Å². The molecule has 2 atom stereocenters. The molecule has 0 spiro atoms. The van der Waals surface area contributed by atoms with Gasteiger partial charge in [-0.25, -0.2) is 59.8 Å². The van der Waals surface area contributed by atoms with Crippen molar-refractivity contribution in [2.24, 2.45) is 0 Å². The SMILES string of the molecule is Cc1nc(C)nc(C[C@H](c2nc(C)nc(C)n2)[C@@H](Cc2nc(C)nc(C)n2)c2nc(C)nc(C)n2)n1. The summed E-state index contributed by atoms with van der Waals surface area (Å²) in [5.74, 6) is 7.16. The summed E-state index contributed by atoms with van der Waals surface area (Å²) in [4.78, 5) is 54.7. The maximum atomic E-state index is 4.73. The fourth-order valence-electron chi connectivity index (χ4n) is 4.38. The zero-order valence-corrected chi connectivity index (χ0v) is 21.9. The number of hydrogen-bond donors (Lipinski definition) is 0. The van der Waals surface area contributed by atoms with Crippen LogP contribution >= 0.6 is 0 Å². The molecule has 0 amide bonds. The first-order valence-electron chi connectivity index (χ1n) is 11.8. The second kappa shape index (κ2) is 10.3. The van der Waals surface area contributed by atoms with Crippen molar-refractivity contribution in [3.63, 3.8) is 0 Å². The lowest BCUT2D eigenvalue weighted by atomic mass is 9.84. The topological polar surface area (TPSA) is 155 Å². The second-order valence-electron chi connectivity index (χ2n) is 8.89. The summed E-state index contributed by atoms with van der Waals surface area (Å²) >= 11 is 0. The van der Waals surface area contributed by atoms with Gasteiger partial charge < -0.3 is 0 Å². The van der Waals surface area contributed by atoms with Crippen LogP contribution in [0.25, 0.3) is 0 Å². The molecule has 0 unspecified atom stereocenters. The minimum Gasteiger partial charge on any atom is -0.219 e. The lowest BCUT2D eigenvalue weighted by Crippen LogP contribution is -2.25. The predicted molar refractivity (Wildman–Crippen MR) is 130 cm³/mol. The lowest BCUT2D eigenvalue weighted by Gasteiger charge is -2.25. The van der Waals surface area contributed by atoms with Gasteiger partial charge in [0.25, 0.3) is 0 Å². The Kier molecular flexibility index (Phi) is 7.22. The molecule has 0 saturated heterocycles. The first-order chi connectivity index (χ1) is 17.0. The Bertz CT molecular complexity index is 1220. The summed E-state index contributed by atoms with van der Waals surface area (Å²) in [5.41, 5.74) is 0. The van der Waals surface area contributed by atoms with Crippen molar-refractivity contribution >= 4 is 0 Å². The molecule has 4 aromatic heterocycles. The molecule has 0 bridgehead atoms. The van der Waals surface area contributed by atoms with Gasteiger partial charge in [0.15, 0.2) is 0 Å². The normalized spacial score (nSPS) is 13.0. The molecule has 0 N–H and O–H groups in total. The Morgan fingerprint density at radius 2 is 0.556 bits per heavy atom. The Labute approximate surface area is 210 Å². The van der Waals surface area contributed by atoms with Gasteiger partial charge in [-0.05, 0) is 55.4 Å². The molecule has 12 heteroatoms. The molecule has 0 fully saturated rings. The van der Waals surface area contributed by atoms with Gasteiger partial charge in [-0.2, -0.15) is 0 Å². The summed E-state index contributed by atoms with van der Waals surface area (Å²) < 4.78 is 0. The van der Waals surface area contributed by atoms with Gasteiger partial charge in [0.2, 0.25) is 0 Å². The van der Waals surface area contributed by atoms with E-state index in [4.69, 9.17) is 19.9 Å².